The van der Waals surface area contributed by atoms with E-state index in [2.05, 4.69) is 0 Å². The number of nitrogens with zero attached hydrogens (tertiary/aromatic N) is 1. The molecule has 6 heteroatoms. The first-order valence-corrected chi connectivity index (χ1v) is 8.47. The lowest BCUT2D eigenvalue weighted by atomic mass is 10.0. The highest BCUT2D eigenvalue weighted by atomic mass is 16.6. The number of carbonyl (C=O) groups excluding carboxylic acids is 2. The minimum atomic E-state index is -1.30. The van der Waals surface area contributed by atoms with Crippen LogP contribution in [0.15, 0.2) is 54.6 Å². The molecule has 26 heavy (non-hydrogen) atoms. The smallest absolute Gasteiger partial charge is 0.414 e. The Morgan fingerprint density at radius 3 is 2.50 bits per heavy atom. The molecule has 0 fully saturated rings. The van der Waals surface area contributed by atoms with E-state index in [1.807, 2.05) is 30.3 Å². The zero-order chi connectivity index (χ0) is 18.6. The predicted molar refractivity (Wildman–Crippen MR) is 96.1 cm³/mol. The second-order valence-electron chi connectivity index (χ2n) is 6.15. The zero-order valence-corrected chi connectivity index (χ0v) is 14.8. The average molecular weight is 355 g/mol. The minimum absolute atomic E-state index is 0.0104. The Kier molecular flexibility index (Phi) is 5.11. The molecule has 6 nitrogen and oxygen atoms in total. The van der Waals surface area contributed by atoms with Crippen molar-refractivity contribution in [1.29, 1.82) is 0 Å². The number of anilines is 1. The Morgan fingerprint density at radius 1 is 1.08 bits per heavy atom. The number of amides is 1. The Hall–Kier alpha value is -3.02. The van der Waals surface area contributed by atoms with Crippen LogP contribution in [-0.4, -0.2) is 30.8 Å². The van der Waals surface area contributed by atoms with Crippen LogP contribution in [0.5, 0.6) is 5.75 Å². The highest BCUT2D eigenvalue weighted by Crippen LogP contribution is 2.37. The van der Waals surface area contributed by atoms with Gasteiger partial charge in [-0.3, -0.25) is 4.90 Å². The minimum Gasteiger partial charge on any atom is -0.472 e. The molecule has 3 rings (SSSR count). The molecule has 1 amide bonds. The first kappa shape index (κ1) is 17.8. The fourth-order valence-electron chi connectivity index (χ4n) is 2.78. The number of ether oxygens (including phenoxy) is 3. The van der Waals surface area contributed by atoms with E-state index < -0.39 is 17.7 Å². The van der Waals surface area contributed by atoms with Crippen molar-refractivity contribution in [3.63, 3.8) is 0 Å². The van der Waals surface area contributed by atoms with Crippen molar-refractivity contribution < 1.29 is 23.8 Å². The summed E-state index contributed by atoms with van der Waals surface area (Å²) in [4.78, 5) is 26.5. The molecule has 0 bridgehead atoms. The number of rotatable bonds is 4. The van der Waals surface area contributed by atoms with Crippen molar-refractivity contribution in [2.24, 2.45) is 0 Å². The summed E-state index contributed by atoms with van der Waals surface area (Å²) in [6.45, 7) is 3.73. The molecule has 136 valence electrons. The average Bonchev–Trinajstić information content (AvgIpc) is 2.66. The van der Waals surface area contributed by atoms with E-state index in [9.17, 15) is 9.59 Å². The van der Waals surface area contributed by atoms with Crippen LogP contribution >= 0.6 is 0 Å². The van der Waals surface area contributed by atoms with Crippen LogP contribution in [0.4, 0.5) is 10.5 Å². The summed E-state index contributed by atoms with van der Waals surface area (Å²) in [5.74, 6) is -0.0821. The summed E-state index contributed by atoms with van der Waals surface area (Å²) in [6, 6.07) is 16.5. The first-order chi connectivity index (χ1) is 12.5. The number of esters is 1. The van der Waals surface area contributed by atoms with Gasteiger partial charge in [-0.1, -0.05) is 42.5 Å². The molecule has 1 atom stereocenters. The Morgan fingerprint density at radius 2 is 1.77 bits per heavy atom. The van der Waals surface area contributed by atoms with Gasteiger partial charge in [0.15, 0.2) is 0 Å². The molecule has 2 aromatic rings. The number of hydrogen-bond acceptors (Lipinski definition) is 5. The van der Waals surface area contributed by atoms with Crippen molar-refractivity contribution >= 4 is 17.7 Å². The van der Waals surface area contributed by atoms with Crippen molar-refractivity contribution in [1.82, 2.24) is 0 Å². The summed E-state index contributed by atoms with van der Waals surface area (Å²) in [5, 5.41) is 0. The molecule has 0 aliphatic carbocycles. The Bertz CT molecular complexity index is 792. The number of para-hydroxylation sites is 2. The summed E-state index contributed by atoms with van der Waals surface area (Å²) < 4.78 is 16.4. The lowest BCUT2D eigenvalue weighted by molar-refractivity contribution is -0.159. The number of benzene rings is 2. The topological polar surface area (TPSA) is 65.1 Å². The Balaban J connectivity index is 1.82. The molecule has 0 N–H and O–H groups in total. The van der Waals surface area contributed by atoms with Gasteiger partial charge in [0.25, 0.3) is 0 Å². The maximum Gasteiger partial charge on any atom is 0.414 e. The van der Waals surface area contributed by atoms with Gasteiger partial charge in [0.2, 0.25) is 5.60 Å². The van der Waals surface area contributed by atoms with E-state index in [-0.39, 0.29) is 19.8 Å². The standard InChI is InChI=1S/C20H21NO5/c1-3-24-18(22)20(2)14-21(16-11-7-8-12-17(16)26-20)19(23)25-13-15-9-5-4-6-10-15/h4-12H,3,13-14H2,1-2H3/t20-/m1/s1. The predicted octanol–water partition coefficient (Wildman–Crippen LogP) is 3.54. The SMILES string of the molecule is CCOC(=O)[C@@]1(C)CN(C(=O)OCc2ccccc2)c2ccccc2O1. The van der Waals surface area contributed by atoms with Crippen LogP contribution in [-0.2, 0) is 20.9 Å². The van der Waals surface area contributed by atoms with Gasteiger partial charge in [-0.25, -0.2) is 9.59 Å². The van der Waals surface area contributed by atoms with Crippen LogP contribution in [0.3, 0.4) is 0 Å². The monoisotopic (exact) mass is 355 g/mol. The third-order valence-corrected chi connectivity index (χ3v) is 4.08. The fraction of sp³-hybridized carbons (Fsp3) is 0.300. The van der Waals surface area contributed by atoms with E-state index in [1.165, 1.54) is 4.90 Å². The molecule has 0 saturated carbocycles. The summed E-state index contributed by atoms with van der Waals surface area (Å²) in [5.41, 5.74) is 0.152. The van der Waals surface area contributed by atoms with Crippen LogP contribution < -0.4 is 9.64 Å². The molecular weight excluding hydrogens is 334 g/mol. The van der Waals surface area contributed by atoms with E-state index in [0.29, 0.717) is 11.4 Å². The van der Waals surface area contributed by atoms with Gasteiger partial charge in [0.05, 0.1) is 18.8 Å². The highest BCUT2D eigenvalue weighted by Gasteiger charge is 2.45. The quantitative estimate of drug-likeness (QED) is 0.785. The molecule has 0 radical (unpaired) electrons. The second kappa shape index (κ2) is 7.47. The normalized spacial score (nSPS) is 18.5. The van der Waals surface area contributed by atoms with Crippen LogP contribution in [0.2, 0.25) is 0 Å². The Labute approximate surface area is 152 Å². The van der Waals surface area contributed by atoms with Gasteiger partial charge >= 0.3 is 12.1 Å². The number of carbonyl (C=O) groups is 2. The third-order valence-electron chi connectivity index (χ3n) is 4.08. The van der Waals surface area contributed by atoms with Crippen molar-refractivity contribution in [2.75, 3.05) is 18.1 Å². The molecular formula is C20H21NO5. The second-order valence-corrected chi connectivity index (χ2v) is 6.15. The van der Waals surface area contributed by atoms with Crippen LogP contribution in [0.1, 0.15) is 19.4 Å². The fourth-order valence-corrected chi connectivity index (χ4v) is 2.78. The molecule has 1 aliphatic rings. The summed E-state index contributed by atoms with van der Waals surface area (Å²) in [6.07, 6.45) is -0.542. The van der Waals surface area contributed by atoms with E-state index in [0.717, 1.165) is 5.56 Å². The molecule has 1 heterocycles. The van der Waals surface area contributed by atoms with Gasteiger partial charge in [0, 0.05) is 0 Å². The van der Waals surface area contributed by atoms with E-state index in [4.69, 9.17) is 14.2 Å². The van der Waals surface area contributed by atoms with Gasteiger partial charge in [-0.15, -0.1) is 0 Å². The zero-order valence-electron chi connectivity index (χ0n) is 14.8. The summed E-state index contributed by atoms with van der Waals surface area (Å²) in [7, 11) is 0. The van der Waals surface area contributed by atoms with Crippen LogP contribution in [0, 0.1) is 0 Å². The van der Waals surface area contributed by atoms with Gasteiger partial charge in [0.1, 0.15) is 12.4 Å². The van der Waals surface area contributed by atoms with Crippen molar-refractivity contribution in [3.05, 3.63) is 60.2 Å². The van der Waals surface area contributed by atoms with Gasteiger partial charge in [-0.05, 0) is 31.5 Å². The number of fused-ring (bicyclic) bond motifs is 1. The molecule has 1 aliphatic heterocycles. The highest BCUT2D eigenvalue weighted by molar-refractivity contribution is 5.93. The molecule has 0 unspecified atom stereocenters. The number of hydrogen-bond donors (Lipinski definition) is 0. The lowest BCUT2D eigenvalue weighted by Gasteiger charge is -2.39. The lowest BCUT2D eigenvalue weighted by Crippen LogP contribution is -2.56. The largest absolute Gasteiger partial charge is 0.472 e. The third kappa shape index (κ3) is 3.64. The van der Waals surface area contributed by atoms with Crippen molar-refractivity contribution in [2.45, 2.75) is 26.1 Å². The first-order valence-electron chi connectivity index (χ1n) is 8.47. The van der Waals surface area contributed by atoms with Gasteiger partial charge in [-0.2, -0.15) is 0 Å². The maximum absolute atomic E-state index is 12.7. The molecule has 0 spiro atoms. The molecule has 0 aromatic heterocycles. The van der Waals surface area contributed by atoms with E-state index in [1.54, 1.807) is 38.1 Å². The summed E-state index contributed by atoms with van der Waals surface area (Å²) >= 11 is 0. The molecule has 2 aromatic carbocycles. The van der Waals surface area contributed by atoms with Gasteiger partial charge < -0.3 is 14.2 Å². The maximum atomic E-state index is 12.7. The van der Waals surface area contributed by atoms with E-state index >= 15 is 0 Å². The van der Waals surface area contributed by atoms with Crippen molar-refractivity contribution in [3.8, 4) is 5.75 Å². The van der Waals surface area contributed by atoms with Crippen LogP contribution in [0.25, 0.3) is 0 Å². The molecule has 0 saturated heterocycles.